The average Bonchev–Trinajstić information content (AvgIpc) is 2.51. The molecule has 0 spiro atoms. The van der Waals surface area contributed by atoms with E-state index in [2.05, 4.69) is 0 Å². The maximum absolute atomic E-state index is 11.2. The van der Waals surface area contributed by atoms with Gasteiger partial charge in [-0.25, -0.2) is 4.79 Å². The minimum Gasteiger partial charge on any atom is -0.504 e. The van der Waals surface area contributed by atoms with Crippen LogP contribution >= 0.6 is 0 Å². The fourth-order valence-corrected chi connectivity index (χ4v) is 1.76. The van der Waals surface area contributed by atoms with Crippen molar-refractivity contribution in [3.8, 4) is 28.7 Å². The summed E-state index contributed by atoms with van der Waals surface area (Å²) in [5.41, 5.74) is -0.442. The van der Waals surface area contributed by atoms with Crippen molar-refractivity contribution >= 4 is 12.2 Å². The van der Waals surface area contributed by atoms with Crippen molar-refractivity contribution in [2.45, 2.75) is 0 Å². The molecule has 0 atom stereocenters. The maximum atomic E-state index is 11.2. The van der Waals surface area contributed by atoms with E-state index in [1.54, 1.807) is 18.2 Å². The van der Waals surface area contributed by atoms with E-state index in [1.165, 1.54) is 20.3 Å². The molecule has 0 saturated heterocycles. The third-order valence-corrected chi connectivity index (χ3v) is 2.87. The quantitative estimate of drug-likeness (QED) is 0.792. The molecular weight excluding hydrogens is 292 g/mol. The van der Waals surface area contributed by atoms with Crippen LogP contribution in [0.2, 0.25) is 0 Å². The first-order valence-electron chi connectivity index (χ1n) is 6.15. The second-order valence-corrected chi connectivity index (χ2v) is 4.28. The van der Waals surface area contributed by atoms with Gasteiger partial charge in [0.15, 0.2) is 17.2 Å². The monoisotopic (exact) mass is 306 g/mol. The second kappa shape index (κ2) is 6.13. The molecule has 0 amide bonds. The van der Waals surface area contributed by atoms with Gasteiger partial charge in [0.2, 0.25) is 11.5 Å². The summed E-state index contributed by atoms with van der Waals surface area (Å²) in [5, 5.41) is 28.3. The molecule has 0 fully saturated rings. The van der Waals surface area contributed by atoms with Crippen molar-refractivity contribution in [3.63, 3.8) is 0 Å². The predicted octanol–water partition coefficient (Wildman–Crippen LogP) is 1.94. The Morgan fingerprint density at radius 1 is 0.955 bits per heavy atom. The second-order valence-electron chi connectivity index (χ2n) is 4.28. The van der Waals surface area contributed by atoms with E-state index < -0.39 is 17.1 Å². The highest BCUT2D eigenvalue weighted by Gasteiger charge is 2.10. The standard InChI is InChI=1S/C15H14O7/c1-20-11-5-8(6-12(21-2)14(11)18)3-4-9-7-10(16)13(17)15(19)22-9/h3-7,16-18H,1-2H3. The van der Waals surface area contributed by atoms with Gasteiger partial charge in [-0.05, 0) is 23.8 Å². The predicted molar refractivity (Wildman–Crippen MR) is 78.4 cm³/mol. The zero-order valence-corrected chi connectivity index (χ0v) is 11.9. The fourth-order valence-electron chi connectivity index (χ4n) is 1.76. The first-order valence-corrected chi connectivity index (χ1v) is 6.15. The summed E-state index contributed by atoms with van der Waals surface area (Å²) < 4.78 is 14.8. The Morgan fingerprint density at radius 2 is 1.55 bits per heavy atom. The Hall–Kier alpha value is -3.09. The summed E-state index contributed by atoms with van der Waals surface area (Å²) >= 11 is 0. The molecule has 3 N–H and O–H groups in total. The van der Waals surface area contributed by atoms with Crippen LogP contribution in [0.3, 0.4) is 0 Å². The lowest BCUT2D eigenvalue weighted by molar-refractivity contribution is 0.340. The number of phenolic OH excluding ortho intramolecular Hbond substituents is 1. The summed E-state index contributed by atoms with van der Waals surface area (Å²) in [5.74, 6) is -1.06. The van der Waals surface area contributed by atoms with E-state index in [0.717, 1.165) is 6.07 Å². The highest BCUT2D eigenvalue weighted by Crippen LogP contribution is 2.37. The van der Waals surface area contributed by atoms with E-state index in [0.29, 0.717) is 5.56 Å². The van der Waals surface area contributed by atoms with Crippen molar-refractivity contribution in [1.29, 1.82) is 0 Å². The Kier molecular flexibility index (Phi) is 4.26. The Morgan fingerprint density at radius 3 is 2.05 bits per heavy atom. The summed E-state index contributed by atoms with van der Waals surface area (Å²) in [7, 11) is 2.80. The number of aromatic hydroxyl groups is 3. The van der Waals surface area contributed by atoms with Crippen molar-refractivity contribution in [3.05, 3.63) is 39.9 Å². The van der Waals surface area contributed by atoms with E-state index in [9.17, 15) is 15.0 Å². The molecule has 0 unspecified atom stereocenters. The van der Waals surface area contributed by atoms with Crippen LogP contribution in [0.25, 0.3) is 12.2 Å². The van der Waals surface area contributed by atoms with Gasteiger partial charge in [0, 0.05) is 6.07 Å². The Labute approximate surface area is 125 Å². The van der Waals surface area contributed by atoms with Crippen LogP contribution in [-0.4, -0.2) is 29.5 Å². The minimum absolute atomic E-state index is 0.0475. The molecule has 0 bridgehead atoms. The Bertz CT molecular complexity index is 749. The van der Waals surface area contributed by atoms with Gasteiger partial charge in [0.05, 0.1) is 14.2 Å². The molecule has 7 nitrogen and oxygen atoms in total. The van der Waals surface area contributed by atoms with Crippen molar-refractivity contribution in [2.75, 3.05) is 14.2 Å². The van der Waals surface area contributed by atoms with Crippen LogP contribution < -0.4 is 15.1 Å². The topological polar surface area (TPSA) is 109 Å². The van der Waals surface area contributed by atoms with E-state index in [-0.39, 0.29) is 23.0 Å². The number of benzene rings is 1. The largest absolute Gasteiger partial charge is 0.504 e. The van der Waals surface area contributed by atoms with Gasteiger partial charge in [-0.3, -0.25) is 0 Å². The van der Waals surface area contributed by atoms with Crippen LogP contribution in [0.5, 0.6) is 28.7 Å². The number of phenols is 1. The van der Waals surface area contributed by atoms with E-state index in [4.69, 9.17) is 19.0 Å². The van der Waals surface area contributed by atoms with Crippen LogP contribution in [0.1, 0.15) is 11.3 Å². The van der Waals surface area contributed by atoms with Gasteiger partial charge in [-0.15, -0.1) is 0 Å². The maximum Gasteiger partial charge on any atom is 0.382 e. The average molecular weight is 306 g/mol. The molecule has 7 heteroatoms. The third kappa shape index (κ3) is 2.98. The highest BCUT2D eigenvalue weighted by molar-refractivity contribution is 5.71. The molecule has 2 rings (SSSR count). The molecule has 0 saturated carbocycles. The number of hydrogen-bond acceptors (Lipinski definition) is 7. The normalized spacial score (nSPS) is 10.8. The van der Waals surface area contributed by atoms with Crippen LogP contribution in [-0.2, 0) is 0 Å². The van der Waals surface area contributed by atoms with Crippen molar-refractivity contribution in [1.82, 2.24) is 0 Å². The SMILES string of the molecule is COc1cc(C=Cc2cc(O)c(O)c(=O)o2)cc(OC)c1O. The summed E-state index contributed by atoms with van der Waals surface area (Å²) in [6.45, 7) is 0. The van der Waals surface area contributed by atoms with Gasteiger partial charge in [-0.2, -0.15) is 0 Å². The molecule has 1 aromatic heterocycles. The zero-order valence-electron chi connectivity index (χ0n) is 11.9. The van der Waals surface area contributed by atoms with Gasteiger partial charge < -0.3 is 29.2 Å². The van der Waals surface area contributed by atoms with Crippen LogP contribution in [0.4, 0.5) is 0 Å². The summed E-state index contributed by atoms with van der Waals surface area (Å²) in [4.78, 5) is 11.2. The lowest BCUT2D eigenvalue weighted by Gasteiger charge is -2.09. The van der Waals surface area contributed by atoms with Gasteiger partial charge in [0.25, 0.3) is 0 Å². The molecule has 1 aromatic carbocycles. The number of ether oxygens (including phenoxy) is 2. The molecule has 0 aliphatic carbocycles. The van der Waals surface area contributed by atoms with Crippen LogP contribution in [0, 0.1) is 0 Å². The molecule has 2 aromatic rings. The number of hydrogen-bond donors (Lipinski definition) is 3. The lowest BCUT2D eigenvalue weighted by Crippen LogP contribution is -1.98. The number of rotatable bonds is 4. The lowest BCUT2D eigenvalue weighted by atomic mass is 10.1. The molecule has 116 valence electrons. The molecule has 1 heterocycles. The minimum atomic E-state index is -1.04. The fraction of sp³-hybridized carbons (Fsp3) is 0.133. The summed E-state index contributed by atoms with van der Waals surface area (Å²) in [6, 6.07) is 4.20. The molecular formula is C15H14O7. The molecule has 0 aliphatic rings. The van der Waals surface area contributed by atoms with E-state index in [1.807, 2.05) is 0 Å². The third-order valence-electron chi connectivity index (χ3n) is 2.87. The highest BCUT2D eigenvalue weighted by atomic mass is 16.5. The molecule has 0 aliphatic heterocycles. The van der Waals surface area contributed by atoms with Crippen molar-refractivity contribution in [2.24, 2.45) is 0 Å². The first-order chi connectivity index (χ1) is 10.5. The van der Waals surface area contributed by atoms with E-state index >= 15 is 0 Å². The Balaban J connectivity index is 2.40. The summed E-state index contributed by atoms with van der Waals surface area (Å²) in [6.07, 6.45) is 2.96. The zero-order chi connectivity index (χ0) is 16.3. The molecule has 22 heavy (non-hydrogen) atoms. The smallest absolute Gasteiger partial charge is 0.382 e. The van der Waals surface area contributed by atoms with Crippen LogP contribution in [0.15, 0.2) is 27.4 Å². The van der Waals surface area contributed by atoms with Gasteiger partial charge in [-0.1, -0.05) is 6.08 Å². The van der Waals surface area contributed by atoms with Crippen molar-refractivity contribution < 1.29 is 29.2 Å². The van der Waals surface area contributed by atoms with Gasteiger partial charge in [0.1, 0.15) is 5.76 Å². The first kappa shape index (κ1) is 15.3. The molecule has 0 radical (unpaired) electrons. The van der Waals surface area contributed by atoms with Gasteiger partial charge >= 0.3 is 5.63 Å². The number of methoxy groups -OCH3 is 2.